The monoisotopic (exact) mass is 183 g/mol. The first kappa shape index (κ1) is 9.40. The van der Waals surface area contributed by atoms with Gasteiger partial charge in [-0.25, -0.2) is 0 Å². The highest BCUT2D eigenvalue weighted by Gasteiger charge is 2.05. The van der Waals surface area contributed by atoms with Gasteiger partial charge in [0, 0.05) is 5.56 Å². The van der Waals surface area contributed by atoms with E-state index in [0.717, 1.165) is 23.3 Å². The molecule has 0 aliphatic carbocycles. The number of hydrogen-bond acceptors (Lipinski definition) is 1. The molecular formula is C10H12ClO. The van der Waals surface area contributed by atoms with Crippen molar-refractivity contribution in [2.24, 2.45) is 0 Å². The van der Waals surface area contributed by atoms with Crippen molar-refractivity contribution < 1.29 is 4.74 Å². The lowest BCUT2D eigenvalue weighted by atomic mass is 10.1. The van der Waals surface area contributed by atoms with Crippen LogP contribution in [-0.2, 0) is 12.3 Å². The van der Waals surface area contributed by atoms with Gasteiger partial charge >= 0.3 is 0 Å². The Labute approximate surface area is 78.3 Å². The molecule has 0 aliphatic rings. The van der Waals surface area contributed by atoms with Gasteiger partial charge in [-0.1, -0.05) is 6.92 Å². The third-order valence-corrected chi connectivity index (χ3v) is 2.12. The van der Waals surface area contributed by atoms with E-state index in [1.807, 2.05) is 12.1 Å². The summed E-state index contributed by atoms with van der Waals surface area (Å²) in [6.45, 7) is 2.09. The Morgan fingerprint density at radius 2 is 2.08 bits per heavy atom. The van der Waals surface area contributed by atoms with Gasteiger partial charge in [0.2, 0.25) is 0 Å². The summed E-state index contributed by atoms with van der Waals surface area (Å²) < 4.78 is 5.25. The molecule has 0 bridgehead atoms. The molecule has 1 radical (unpaired) electrons. The predicted octanol–water partition coefficient (Wildman–Crippen LogP) is 2.80. The second kappa shape index (κ2) is 4.36. The first-order valence-electron chi connectivity index (χ1n) is 3.95. The summed E-state index contributed by atoms with van der Waals surface area (Å²) in [6, 6.07) is 6.85. The molecule has 0 fully saturated rings. The van der Waals surface area contributed by atoms with Gasteiger partial charge in [0.05, 0.1) is 13.0 Å². The Bertz CT molecular complexity index is 236. The largest absolute Gasteiger partial charge is 0.496 e. The van der Waals surface area contributed by atoms with Crippen LogP contribution in [0.5, 0.6) is 5.75 Å². The van der Waals surface area contributed by atoms with E-state index in [2.05, 4.69) is 13.0 Å². The summed E-state index contributed by atoms with van der Waals surface area (Å²) in [6.07, 6.45) is 0.949. The quantitative estimate of drug-likeness (QED) is 0.655. The van der Waals surface area contributed by atoms with E-state index in [0.29, 0.717) is 5.88 Å². The first-order chi connectivity index (χ1) is 5.83. The van der Waals surface area contributed by atoms with E-state index in [4.69, 9.17) is 16.3 Å². The number of rotatable bonds is 3. The number of hydrogen-bond donors (Lipinski definition) is 0. The van der Waals surface area contributed by atoms with Gasteiger partial charge in [0.15, 0.2) is 0 Å². The average molecular weight is 184 g/mol. The minimum atomic E-state index is 0.480. The highest BCUT2D eigenvalue weighted by molar-refractivity contribution is 6.17. The number of aryl methyl sites for hydroxylation is 1. The van der Waals surface area contributed by atoms with Crippen LogP contribution in [0.15, 0.2) is 12.1 Å². The molecule has 0 spiro atoms. The Morgan fingerprint density at radius 3 is 2.58 bits per heavy atom. The molecule has 0 aliphatic heterocycles. The van der Waals surface area contributed by atoms with Crippen molar-refractivity contribution in [3.63, 3.8) is 0 Å². The van der Waals surface area contributed by atoms with Crippen LogP contribution in [0, 0.1) is 6.07 Å². The van der Waals surface area contributed by atoms with Crippen molar-refractivity contribution in [2.75, 3.05) is 7.11 Å². The molecule has 65 valence electrons. The minimum absolute atomic E-state index is 0.480. The third-order valence-electron chi connectivity index (χ3n) is 1.83. The summed E-state index contributed by atoms with van der Waals surface area (Å²) in [7, 11) is 1.67. The standard InChI is InChI=1S/C10H12ClO/c1-3-8-5-4-6-9(7-11)10(8)12-2/h5-6H,3,7H2,1-2H3. The minimum Gasteiger partial charge on any atom is -0.496 e. The Kier molecular flexibility index (Phi) is 3.42. The van der Waals surface area contributed by atoms with E-state index >= 15 is 0 Å². The lowest BCUT2D eigenvalue weighted by Gasteiger charge is -2.09. The molecule has 0 saturated carbocycles. The maximum Gasteiger partial charge on any atom is 0.126 e. The maximum absolute atomic E-state index is 5.74. The van der Waals surface area contributed by atoms with Crippen molar-refractivity contribution in [1.29, 1.82) is 0 Å². The number of methoxy groups -OCH3 is 1. The first-order valence-corrected chi connectivity index (χ1v) is 4.48. The smallest absolute Gasteiger partial charge is 0.126 e. The lowest BCUT2D eigenvalue weighted by molar-refractivity contribution is 0.406. The van der Waals surface area contributed by atoms with Crippen molar-refractivity contribution in [3.8, 4) is 5.75 Å². The molecule has 0 saturated heterocycles. The highest BCUT2D eigenvalue weighted by atomic mass is 35.5. The molecule has 2 heteroatoms. The van der Waals surface area contributed by atoms with Gasteiger partial charge in [-0.15, -0.1) is 11.6 Å². The molecule has 1 rings (SSSR count). The summed E-state index contributed by atoms with van der Waals surface area (Å²) in [5.74, 6) is 1.39. The number of benzene rings is 1. The number of alkyl halides is 1. The molecule has 12 heavy (non-hydrogen) atoms. The summed E-state index contributed by atoms with van der Waals surface area (Å²) in [4.78, 5) is 0. The molecule has 0 aromatic heterocycles. The zero-order valence-corrected chi connectivity index (χ0v) is 8.11. The van der Waals surface area contributed by atoms with Gasteiger partial charge in [-0.2, -0.15) is 0 Å². The molecule has 1 nitrogen and oxygen atoms in total. The fourth-order valence-electron chi connectivity index (χ4n) is 1.20. The molecular weight excluding hydrogens is 172 g/mol. The van der Waals surface area contributed by atoms with Crippen LogP contribution in [-0.4, -0.2) is 7.11 Å². The van der Waals surface area contributed by atoms with E-state index < -0.39 is 0 Å². The van der Waals surface area contributed by atoms with E-state index in [1.165, 1.54) is 0 Å². The number of ether oxygens (including phenoxy) is 1. The van der Waals surface area contributed by atoms with E-state index in [9.17, 15) is 0 Å². The van der Waals surface area contributed by atoms with Crippen LogP contribution in [0.25, 0.3) is 0 Å². The van der Waals surface area contributed by atoms with E-state index in [1.54, 1.807) is 7.11 Å². The fourth-order valence-corrected chi connectivity index (χ4v) is 1.40. The third kappa shape index (κ3) is 1.72. The summed E-state index contributed by atoms with van der Waals surface area (Å²) in [5.41, 5.74) is 2.18. The maximum atomic E-state index is 5.74. The van der Waals surface area contributed by atoms with Crippen LogP contribution in [0.1, 0.15) is 18.1 Å². The Hall–Kier alpha value is -0.690. The van der Waals surface area contributed by atoms with Crippen molar-refractivity contribution >= 4 is 11.6 Å². The van der Waals surface area contributed by atoms with Crippen LogP contribution >= 0.6 is 11.6 Å². The molecule has 0 unspecified atom stereocenters. The zero-order valence-electron chi connectivity index (χ0n) is 7.36. The van der Waals surface area contributed by atoms with Crippen LogP contribution in [0.2, 0.25) is 0 Å². The molecule has 0 amide bonds. The number of halogens is 1. The molecule has 1 aromatic rings. The lowest BCUT2D eigenvalue weighted by Crippen LogP contribution is -1.94. The normalized spacial score (nSPS) is 9.92. The van der Waals surface area contributed by atoms with Crippen LogP contribution < -0.4 is 4.74 Å². The fraction of sp³-hybridized carbons (Fsp3) is 0.400. The van der Waals surface area contributed by atoms with Crippen molar-refractivity contribution in [2.45, 2.75) is 19.2 Å². The Morgan fingerprint density at radius 1 is 1.42 bits per heavy atom. The topological polar surface area (TPSA) is 9.23 Å². The van der Waals surface area contributed by atoms with Gasteiger partial charge in [0.25, 0.3) is 0 Å². The molecule has 1 aromatic carbocycles. The SMILES string of the molecule is CCc1c[c]cc(CCl)c1OC. The van der Waals surface area contributed by atoms with Gasteiger partial charge in [-0.3, -0.25) is 0 Å². The molecule has 0 heterocycles. The predicted molar refractivity (Wildman–Crippen MR) is 50.8 cm³/mol. The van der Waals surface area contributed by atoms with Crippen molar-refractivity contribution in [3.05, 3.63) is 29.3 Å². The Balaban J connectivity index is 3.13. The zero-order chi connectivity index (χ0) is 8.97. The van der Waals surface area contributed by atoms with Crippen LogP contribution in [0.3, 0.4) is 0 Å². The van der Waals surface area contributed by atoms with Crippen LogP contribution in [0.4, 0.5) is 0 Å². The van der Waals surface area contributed by atoms with Gasteiger partial charge in [-0.05, 0) is 30.2 Å². The van der Waals surface area contributed by atoms with Crippen molar-refractivity contribution in [1.82, 2.24) is 0 Å². The van der Waals surface area contributed by atoms with Gasteiger partial charge in [0.1, 0.15) is 5.75 Å². The molecule has 0 atom stereocenters. The highest BCUT2D eigenvalue weighted by Crippen LogP contribution is 2.25. The van der Waals surface area contributed by atoms with E-state index in [-0.39, 0.29) is 0 Å². The molecule has 0 N–H and O–H groups in total. The summed E-state index contributed by atoms with van der Waals surface area (Å²) in [5, 5.41) is 0. The average Bonchev–Trinajstić information content (AvgIpc) is 2.16. The second-order valence-electron chi connectivity index (χ2n) is 2.53. The van der Waals surface area contributed by atoms with Gasteiger partial charge < -0.3 is 4.74 Å². The summed E-state index contributed by atoms with van der Waals surface area (Å²) >= 11 is 5.74. The second-order valence-corrected chi connectivity index (χ2v) is 2.79.